The van der Waals surface area contributed by atoms with Gasteiger partial charge in [-0.05, 0) is 31.0 Å². The molecule has 1 aromatic carbocycles. The van der Waals surface area contributed by atoms with Crippen LogP contribution in [-0.2, 0) is 9.53 Å². The van der Waals surface area contributed by atoms with Crippen molar-refractivity contribution < 1.29 is 9.53 Å². The van der Waals surface area contributed by atoms with Crippen molar-refractivity contribution in [1.82, 2.24) is 10.2 Å². The highest BCUT2D eigenvalue weighted by atomic mass is 16.5. The van der Waals surface area contributed by atoms with E-state index in [1.54, 1.807) is 6.07 Å². The van der Waals surface area contributed by atoms with Crippen LogP contribution in [0.4, 0.5) is 5.69 Å². The first-order valence-electron chi connectivity index (χ1n) is 6.81. The summed E-state index contributed by atoms with van der Waals surface area (Å²) in [5.74, 6) is -0.126. The summed E-state index contributed by atoms with van der Waals surface area (Å²) in [6.07, 6.45) is 1.31. The van der Waals surface area contributed by atoms with E-state index in [0.29, 0.717) is 18.0 Å². The largest absolute Gasteiger partial charge is 0.368 e. The summed E-state index contributed by atoms with van der Waals surface area (Å²) in [4.78, 5) is 23.0. The zero-order chi connectivity index (χ0) is 14.7. The zero-order valence-corrected chi connectivity index (χ0v) is 11.3. The Labute approximate surface area is 121 Å². The number of H-pyrrole nitrogens is 1. The van der Waals surface area contributed by atoms with Crippen LogP contribution < -0.4 is 10.9 Å². The number of hydrogen-bond donors (Lipinski definition) is 2. The molecule has 2 heterocycles. The number of amides is 1. The molecule has 1 saturated heterocycles. The molecule has 0 spiro atoms. The lowest BCUT2D eigenvalue weighted by molar-refractivity contribution is -0.124. The Hall–Kier alpha value is -2.47. The molecule has 1 amide bonds. The smallest absolute Gasteiger partial charge is 0.264 e. The molecule has 6 nitrogen and oxygen atoms in total. The van der Waals surface area contributed by atoms with Gasteiger partial charge in [0.1, 0.15) is 6.10 Å². The highest BCUT2D eigenvalue weighted by molar-refractivity contribution is 5.94. The van der Waals surface area contributed by atoms with E-state index in [2.05, 4.69) is 15.5 Å². The Morgan fingerprint density at radius 1 is 1.33 bits per heavy atom. The summed E-state index contributed by atoms with van der Waals surface area (Å²) in [6.45, 7) is 0.638. The minimum atomic E-state index is -0.361. The summed E-state index contributed by atoms with van der Waals surface area (Å²) in [5, 5.41) is 9.20. The van der Waals surface area contributed by atoms with Crippen molar-refractivity contribution in [2.24, 2.45) is 0 Å². The molecule has 1 aromatic heterocycles. The molecular weight excluding hydrogens is 270 g/mol. The highest BCUT2D eigenvalue weighted by Gasteiger charge is 2.23. The van der Waals surface area contributed by atoms with Gasteiger partial charge in [0.15, 0.2) is 0 Å². The van der Waals surface area contributed by atoms with Crippen LogP contribution in [-0.4, -0.2) is 28.8 Å². The lowest BCUT2D eigenvalue weighted by Crippen LogP contribution is -2.26. The van der Waals surface area contributed by atoms with E-state index in [-0.39, 0.29) is 17.6 Å². The summed E-state index contributed by atoms with van der Waals surface area (Å²) < 4.78 is 5.35. The van der Waals surface area contributed by atoms with E-state index in [1.165, 1.54) is 6.07 Å². The number of benzene rings is 1. The highest BCUT2D eigenvalue weighted by Crippen LogP contribution is 2.21. The lowest BCUT2D eigenvalue weighted by atomic mass is 10.1. The number of rotatable bonds is 3. The van der Waals surface area contributed by atoms with E-state index in [1.807, 2.05) is 24.3 Å². The molecule has 1 fully saturated rings. The van der Waals surface area contributed by atoms with Gasteiger partial charge in [-0.25, -0.2) is 5.10 Å². The molecule has 108 valence electrons. The second-order valence-electron chi connectivity index (χ2n) is 4.88. The molecule has 0 bridgehead atoms. The van der Waals surface area contributed by atoms with Crippen LogP contribution in [0.2, 0.25) is 0 Å². The molecule has 1 aliphatic heterocycles. The Kier molecular flexibility index (Phi) is 3.79. The molecule has 1 atom stereocenters. The van der Waals surface area contributed by atoms with Crippen molar-refractivity contribution in [3.63, 3.8) is 0 Å². The fourth-order valence-corrected chi connectivity index (χ4v) is 2.27. The van der Waals surface area contributed by atoms with Crippen LogP contribution in [0.5, 0.6) is 0 Å². The molecule has 1 unspecified atom stereocenters. The molecule has 2 N–H and O–H groups in total. The minimum Gasteiger partial charge on any atom is -0.368 e. The van der Waals surface area contributed by atoms with Crippen LogP contribution in [0, 0.1) is 0 Å². The maximum Gasteiger partial charge on any atom is 0.264 e. The molecule has 21 heavy (non-hydrogen) atoms. The first-order chi connectivity index (χ1) is 10.2. The predicted molar refractivity (Wildman–Crippen MR) is 77.9 cm³/mol. The van der Waals surface area contributed by atoms with E-state index in [4.69, 9.17) is 4.74 Å². The average Bonchev–Trinajstić information content (AvgIpc) is 3.02. The average molecular weight is 285 g/mol. The number of aromatic nitrogens is 2. The number of aromatic amines is 1. The third kappa shape index (κ3) is 3.17. The number of carbonyl (C=O) groups is 1. The lowest BCUT2D eigenvalue weighted by Gasteiger charge is -2.11. The van der Waals surface area contributed by atoms with E-state index >= 15 is 0 Å². The fourth-order valence-electron chi connectivity index (χ4n) is 2.27. The van der Waals surface area contributed by atoms with Crippen LogP contribution in [0.15, 0.2) is 41.2 Å². The topological polar surface area (TPSA) is 84.1 Å². The van der Waals surface area contributed by atoms with Gasteiger partial charge >= 0.3 is 0 Å². The number of carbonyl (C=O) groups excluding carboxylic acids is 1. The number of nitrogens with zero attached hydrogens (tertiary/aromatic N) is 1. The summed E-state index contributed by atoms with van der Waals surface area (Å²) in [6, 6.07) is 10.4. The van der Waals surface area contributed by atoms with Gasteiger partial charge in [-0.2, -0.15) is 5.10 Å². The van der Waals surface area contributed by atoms with Crippen molar-refractivity contribution >= 4 is 11.6 Å². The molecule has 6 heteroatoms. The van der Waals surface area contributed by atoms with Crippen LogP contribution >= 0.6 is 0 Å². The molecule has 0 radical (unpaired) electrons. The third-order valence-electron chi connectivity index (χ3n) is 3.33. The summed E-state index contributed by atoms with van der Waals surface area (Å²) in [5.41, 5.74) is 1.89. The van der Waals surface area contributed by atoms with Crippen LogP contribution in [0.1, 0.15) is 12.8 Å². The van der Waals surface area contributed by atoms with Crippen molar-refractivity contribution in [2.45, 2.75) is 18.9 Å². The molecule has 0 aliphatic carbocycles. The second-order valence-corrected chi connectivity index (χ2v) is 4.88. The maximum atomic E-state index is 12.0. The van der Waals surface area contributed by atoms with Gasteiger partial charge in [-0.15, -0.1) is 0 Å². The molecule has 1 aliphatic rings. The Bertz CT molecular complexity index is 685. The summed E-state index contributed by atoms with van der Waals surface area (Å²) in [7, 11) is 0. The number of hydrogen-bond acceptors (Lipinski definition) is 4. The summed E-state index contributed by atoms with van der Waals surface area (Å²) >= 11 is 0. The normalized spacial score (nSPS) is 17.6. The monoisotopic (exact) mass is 285 g/mol. The van der Waals surface area contributed by atoms with Crippen molar-refractivity contribution in [3.8, 4) is 11.3 Å². The van der Waals surface area contributed by atoms with Gasteiger partial charge in [0.05, 0.1) is 5.69 Å². The van der Waals surface area contributed by atoms with Crippen molar-refractivity contribution in [1.29, 1.82) is 0 Å². The Balaban J connectivity index is 1.78. The molecular formula is C15H15N3O3. The zero-order valence-electron chi connectivity index (χ0n) is 11.3. The first-order valence-corrected chi connectivity index (χ1v) is 6.81. The van der Waals surface area contributed by atoms with Crippen LogP contribution in [0.3, 0.4) is 0 Å². The van der Waals surface area contributed by atoms with Gasteiger partial charge in [-0.3, -0.25) is 9.59 Å². The third-order valence-corrected chi connectivity index (χ3v) is 3.33. The van der Waals surface area contributed by atoms with Crippen molar-refractivity contribution in [3.05, 3.63) is 46.8 Å². The second kappa shape index (κ2) is 5.88. The van der Waals surface area contributed by atoms with Gasteiger partial charge in [0.2, 0.25) is 0 Å². The maximum absolute atomic E-state index is 12.0. The van der Waals surface area contributed by atoms with Crippen LogP contribution in [0.25, 0.3) is 11.3 Å². The standard InChI is InChI=1S/C15H15N3O3/c19-14-7-6-12(17-18-14)10-3-1-4-11(9-10)16-15(20)13-5-2-8-21-13/h1,3-4,6-7,9,13H,2,5,8H2,(H,16,20)(H,18,19). The van der Waals surface area contributed by atoms with Gasteiger partial charge in [0, 0.05) is 23.9 Å². The molecule has 2 aromatic rings. The first kappa shape index (κ1) is 13.5. The van der Waals surface area contributed by atoms with E-state index in [0.717, 1.165) is 18.4 Å². The van der Waals surface area contributed by atoms with Crippen molar-refractivity contribution in [2.75, 3.05) is 11.9 Å². The van der Waals surface area contributed by atoms with Gasteiger partial charge in [-0.1, -0.05) is 12.1 Å². The number of nitrogens with one attached hydrogen (secondary N) is 2. The van der Waals surface area contributed by atoms with Gasteiger partial charge in [0.25, 0.3) is 11.5 Å². The fraction of sp³-hybridized carbons (Fsp3) is 0.267. The number of ether oxygens (including phenoxy) is 1. The molecule has 3 rings (SSSR count). The minimum absolute atomic E-state index is 0.126. The van der Waals surface area contributed by atoms with E-state index in [9.17, 15) is 9.59 Å². The SMILES string of the molecule is O=C(Nc1cccc(-c2ccc(=O)[nH]n2)c1)C1CCCO1. The number of anilines is 1. The Morgan fingerprint density at radius 2 is 2.24 bits per heavy atom. The Morgan fingerprint density at radius 3 is 2.95 bits per heavy atom. The van der Waals surface area contributed by atoms with Gasteiger partial charge < -0.3 is 10.1 Å². The molecule has 0 saturated carbocycles. The van der Waals surface area contributed by atoms with E-state index < -0.39 is 0 Å². The quantitative estimate of drug-likeness (QED) is 0.896. The predicted octanol–water partition coefficient (Wildman–Crippen LogP) is 1.55.